The van der Waals surface area contributed by atoms with Crippen molar-refractivity contribution in [1.82, 2.24) is 0 Å². The van der Waals surface area contributed by atoms with Gasteiger partial charge in [0.05, 0.1) is 0 Å². The molecule has 0 fully saturated rings. The molecule has 0 heterocycles. The lowest BCUT2D eigenvalue weighted by molar-refractivity contribution is -0.106. The number of allylic oxidation sites excluding steroid dienone is 2. The second-order valence-electron chi connectivity index (χ2n) is 2.37. The SMILES string of the molecule is CC=CCCCC(=S)CC=O. The van der Waals surface area contributed by atoms with Crippen molar-refractivity contribution in [3.8, 4) is 0 Å². The van der Waals surface area contributed by atoms with E-state index in [-0.39, 0.29) is 0 Å². The van der Waals surface area contributed by atoms with Crippen LogP contribution in [0.15, 0.2) is 12.2 Å². The normalized spacial score (nSPS) is 10.3. The predicted octanol–water partition coefficient (Wildman–Crippen LogP) is 2.69. The van der Waals surface area contributed by atoms with Gasteiger partial charge in [0.25, 0.3) is 0 Å². The van der Waals surface area contributed by atoms with Gasteiger partial charge < -0.3 is 4.79 Å². The van der Waals surface area contributed by atoms with Crippen LogP contribution < -0.4 is 0 Å². The quantitative estimate of drug-likeness (QED) is 0.264. The summed E-state index contributed by atoms with van der Waals surface area (Å²) in [6, 6.07) is 0. The molecular weight excluding hydrogens is 156 g/mol. The molecule has 0 rings (SSSR count). The molecule has 0 bridgehead atoms. The van der Waals surface area contributed by atoms with E-state index in [2.05, 4.69) is 6.08 Å². The van der Waals surface area contributed by atoms with E-state index in [4.69, 9.17) is 12.2 Å². The molecule has 0 aliphatic heterocycles. The molecule has 2 heteroatoms. The highest BCUT2D eigenvalue weighted by molar-refractivity contribution is 7.80. The first-order valence-corrected chi connectivity index (χ1v) is 4.28. The third-order valence-corrected chi connectivity index (χ3v) is 1.74. The molecule has 11 heavy (non-hydrogen) atoms. The van der Waals surface area contributed by atoms with Gasteiger partial charge in [-0.15, -0.1) is 0 Å². The Bertz CT molecular complexity index is 150. The number of unbranched alkanes of at least 4 members (excludes halogenated alkanes) is 1. The molecule has 0 aromatic heterocycles. The van der Waals surface area contributed by atoms with Gasteiger partial charge in [-0.1, -0.05) is 24.4 Å². The zero-order valence-corrected chi connectivity index (χ0v) is 7.69. The number of aldehydes is 1. The lowest BCUT2D eigenvalue weighted by Crippen LogP contribution is -1.94. The fourth-order valence-corrected chi connectivity index (χ4v) is 0.991. The highest BCUT2D eigenvalue weighted by atomic mass is 32.1. The van der Waals surface area contributed by atoms with Crippen molar-refractivity contribution in [2.45, 2.75) is 32.6 Å². The number of hydrogen-bond acceptors (Lipinski definition) is 2. The first-order valence-electron chi connectivity index (χ1n) is 3.87. The zero-order valence-electron chi connectivity index (χ0n) is 6.88. The summed E-state index contributed by atoms with van der Waals surface area (Å²) >= 11 is 4.95. The average Bonchev–Trinajstić information content (AvgIpc) is 1.99. The molecule has 0 unspecified atom stereocenters. The van der Waals surface area contributed by atoms with Gasteiger partial charge in [-0.2, -0.15) is 0 Å². The first-order chi connectivity index (χ1) is 5.31. The van der Waals surface area contributed by atoms with Crippen LogP contribution in [0.2, 0.25) is 0 Å². The maximum Gasteiger partial charge on any atom is 0.124 e. The van der Waals surface area contributed by atoms with Crippen LogP contribution in [0, 0.1) is 0 Å². The molecule has 0 saturated heterocycles. The molecule has 1 nitrogen and oxygen atoms in total. The Morgan fingerprint density at radius 3 is 2.82 bits per heavy atom. The van der Waals surface area contributed by atoms with E-state index in [1.54, 1.807) is 0 Å². The van der Waals surface area contributed by atoms with Gasteiger partial charge in [-0.05, 0) is 31.1 Å². The van der Waals surface area contributed by atoms with Crippen LogP contribution in [0.25, 0.3) is 0 Å². The Labute approximate surface area is 73.5 Å². The average molecular weight is 170 g/mol. The summed E-state index contributed by atoms with van der Waals surface area (Å²) in [4.78, 5) is 10.9. The van der Waals surface area contributed by atoms with Crippen molar-refractivity contribution in [2.24, 2.45) is 0 Å². The Morgan fingerprint density at radius 1 is 1.55 bits per heavy atom. The summed E-state index contributed by atoms with van der Waals surface area (Å²) in [6.07, 6.45) is 8.50. The molecule has 0 aliphatic rings. The lowest BCUT2D eigenvalue weighted by Gasteiger charge is -1.95. The van der Waals surface area contributed by atoms with Crippen molar-refractivity contribution in [1.29, 1.82) is 0 Å². The fraction of sp³-hybridized carbons (Fsp3) is 0.556. The van der Waals surface area contributed by atoms with Crippen LogP contribution >= 0.6 is 12.2 Å². The molecule has 0 aromatic carbocycles. The van der Waals surface area contributed by atoms with Crippen LogP contribution in [-0.4, -0.2) is 11.2 Å². The van der Waals surface area contributed by atoms with Crippen molar-refractivity contribution in [3.05, 3.63) is 12.2 Å². The van der Waals surface area contributed by atoms with Gasteiger partial charge in [-0.25, -0.2) is 0 Å². The molecule has 0 spiro atoms. The Kier molecular flexibility index (Phi) is 7.26. The van der Waals surface area contributed by atoms with Crippen LogP contribution in [-0.2, 0) is 4.79 Å². The van der Waals surface area contributed by atoms with Gasteiger partial charge in [-0.3, -0.25) is 0 Å². The maximum atomic E-state index is 10.0. The maximum absolute atomic E-state index is 10.0. The van der Waals surface area contributed by atoms with Crippen molar-refractivity contribution in [2.75, 3.05) is 0 Å². The standard InChI is InChI=1S/C9H14OS/c1-2-3-4-5-6-9(11)7-8-10/h2-3,8H,4-7H2,1H3. The predicted molar refractivity (Wildman–Crippen MR) is 51.9 cm³/mol. The number of hydrogen-bond donors (Lipinski definition) is 0. The van der Waals surface area contributed by atoms with Gasteiger partial charge >= 0.3 is 0 Å². The van der Waals surface area contributed by atoms with Crippen LogP contribution in [0.5, 0.6) is 0 Å². The molecule has 0 saturated carbocycles. The van der Waals surface area contributed by atoms with E-state index in [9.17, 15) is 4.79 Å². The highest BCUT2D eigenvalue weighted by Crippen LogP contribution is 2.00. The van der Waals surface area contributed by atoms with Crippen LogP contribution in [0.4, 0.5) is 0 Å². The van der Waals surface area contributed by atoms with Gasteiger partial charge in [0, 0.05) is 6.42 Å². The number of carbonyl (C=O) groups is 1. The molecule has 62 valence electrons. The van der Waals surface area contributed by atoms with E-state index in [1.165, 1.54) is 0 Å². The molecule has 0 aliphatic carbocycles. The van der Waals surface area contributed by atoms with Crippen LogP contribution in [0.3, 0.4) is 0 Å². The van der Waals surface area contributed by atoms with Gasteiger partial charge in [0.1, 0.15) is 6.29 Å². The molecule has 0 radical (unpaired) electrons. The topological polar surface area (TPSA) is 17.1 Å². The van der Waals surface area contributed by atoms with E-state index in [0.29, 0.717) is 6.42 Å². The Morgan fingerprint density at radius 2 is 2.27 bits per heavy atom. The Balaban J connectivity index is 3.23. The van der Waals surface area contributed by atoms with Gasteiger partial charge in [0.15, 0.2) is 0 Å². The molecule has 0 atom stereocenters. The molecule has 0 N–H and O–H groups in total. The summed E-state index contributed by atoms with van der Waals surface area (Å²) in [5, 5.41) is 0. The zero-order chi connectivity index (χ0) is 8.53. The summed E-state index contributed by atoms with van der Waals surface area (Å²) in [5.41, 5.74) is 0. The molecular formula is C9H14OS. The van der Waals surface area contributed by atoms with Crippen molar-refractivity contribution in [3.63, 3.8) is 0 Å². The van der Waals surface area contributed by atoms with E-state index >= 15 is 0 Å². The third-order valence-electron chi connectivity index (χ3n) is 1.37. The minimum atomic E-state index is 0.450. The van der Waals surface area contributed by atoms with Crippen molar-refractivity contribution < 1.29 is 4.79 Å². The second kappa shape index (κ2) is 7.61. The lowest BCUT2D eigenvalue weighted by atomic mass is 10.1. The molecule has 0 amide bonds. The van der Waals surface area contributed by atoms with E-state index in [1.807, 2.05) is 13.0 Å². The number of rotatable bonds is 6. The summed E-state index contributed by atoms with van der Waals surface area (Å²) in [7, 11) is 0. The van der Waals surface area contributed by atoms with Crippen LogP contribution in [0.1, 0.15) is 32.6 Å². The Hall–Kier alpha value is -0.500. The number of thiocarbonyl (C=S) groups is 1. The van der Waals surface area contributed by atoms with E-state index < -0.39 is 0 Å². The second-order valence-corrected chi connectivity index (χ2v) is 2.95. The number of carbonyl (C=O) groups excluding carboxylic acids is 1. The van der Waals surface area contributed by atoms with Crippen molar-refractivity contribution >= 4 is 23.4 Å². The summed E-state index contributed by atoms with van der Waals surface area (Å²) in [6.45, 7) is 2.00. The first kappa shape index (κ1) is 10.5. The summed E-state index contributed by atoms with van der Waals surface area (Å²) < 4.78 is 0. The third kappa shape index (κ3) is 7.40. The minimum Gasteiger partial charge on any atom is -0.303 e. The minimum absolute atomic E-state index is 0.450. The largest absolute Gasteiger partial charge is 0.303 e. The highest BCUT2D eigenvalue weighted by Gasteiger charge is 1.93. The summed E-state index contributed by atoms with van der Waals surface area (Å²) in [5.74, 6) is 0. The van der Waals surface area contributed by atoms with Gasteiger partial charge in [0.2, 0.25) is 0 Å². The monoisotopic (exact) mass is 170 g/mol. The smallest absolute Gasteiger partial charge is 0.124 e. The fourth-order valence-electron chi connectivity index (χ4n) is 0.779. The molecule has 0 aromatic rings. The van der Waals surface area contributed by atoms with E-state index in [0.717, 1.165) is 30.4 Å².